The maximum absolute atomic E-state index is 12.1. The number of likely N-dealkylation sites (N-methyl/N-ethyl adjacent to an activating group) is 1. The maximum atomic E-state index is 12.1. The van der Waals surface area contributed by atoms with E-state index < -0.39 is 0 Å². The van der Waals surface area contributed by atoms with E-state index in [1.807, 2.05) is 18.2 Å². The van der Waals surface area contributed by atoms with Crippen molar-refractivity contribution in [2.75, 3.05) is 27.2 Å². The Bertz CT molecular complexity index is 650. The van der Waals surface area contributed by atoms with Gasteiger partial charge in [0.25, 0.3) is 0 Å². The molecule has 1 aromatic rings. The molecule has 2 rings (SSSR count). The molecule has 6 nitrogen and oxygen atoms in total. The highest BCUT2D eigenvalue weighted by Gasteiger charge is 2.28. The summed E-state index contributed by atoms with van der Waals surface area (Å²) in [5, 5.41) is 7.05. The van der Waals surface area contributed by atoms with Crippen LogP contribution in [0.1, 0.15) is 58.1 Å². The molecule has 3 atom stereocenters. The fourth-order valence-electron chi connectivity index (χ4n) is 3.75. The van der Waals surface area contributed by atoms with Crippen LogP contribution in [0.3, 0.4) is 0 Å². The van der Waals surface area contributed by atoms with Crippen molar-refractivity contribution < 1.29 is 9.53 Å². The van der Waals surface area contributed by atoms with Gasteiger partial charge in [0.2, 0.25) is 5.91 Å². The summed E-state index contributed by atoms with van der Waals surface area (Å²) >= 11 is 0. The second-order valence-corrected chi connectivity index (χ2v) is 8.08. The molecule has 1 aromatic carbocycles. The Hall–Kier alpha value is -1.35. The molecular formula is C23H39IN4O2. The topological polar surface area (TPSA) is 66.0 Å². The lowest BCUT2D eigenvalue weighted by atomic mass is 9.89. The number of ether oxygens (including phenoxy) is 1. The number of aliphatic imine (C=N–C) groups is 1. The van der Waals surface area contributed by atoms with E-state index in [9.17, 15) is 4.79 Å². The molecule has 1 aliphatic heterocycles. The molecule has 0 spiro atoms. The lowest BCUT2D eigenvalue weighted by Gasteiger charge is -2.35. The number of hydrogen-bond acceptors (Lipinski definition) is 3. The van der Waals surface area contributed by atoms with Crippen molar-refractivity contribution >= 4 is 35.8 Å². The van der Waals surface area contributed by atoms with E-state index in [-0.39, 0.29) is 54.6 Å². The van der Waals surface area contributed by atoms with Crippen molar-refractivity contribution in [2.45, 2.75) is 64.6 Å². The average Bonchev–Trinajstić information content (AvgIpc) is 2.73. The van der Waals surface area contributed by atoms with Crippen molar-refractivity contribution in [1.82, 2.24) is 15.5 Å². The Morgan fingerprint density at radius 3 is 2.50 bits per heavy atom. The second kappa shape index (κ2) is 13.9. The summed E-state index contributed by atoms with van der Waals surface area (Å²) < 4.78 is 6.05. The van der Waals surface area contributed by atoms with Crippen LogP contribution in [0.4, 0.5) is 0 Å². The van der Waals surface area contributed by atoms with Crippen LogP contribution >= 0.6 is 24.0 Å². The molecule has 7 heteroatoms. The molecule has 1 amide bonds. The molecule has 170 valence electrons. The minimum Gasteiger partial charge on any atom is -0.378 e. The van der Waals surface area contributed by atoms with E-state index >= 15 is 0 Å². The van der Waals surface area contributed by atoms with E-state index in [1.54, 1.807) is 19.0 Å². The molecule has 1 heterocycles. The second-order valence-electron chi connectivity index (χ2n) is 8.08. The van der Waals surface area contributed by atoms with Gasteiger partial charge in [-0.25, -0.2) is 4.99 Å². The summed E-state index contributed by atoms with van der Waals surface area (Å²) in [4.78, 5) is 18.2. The molecule has 0 saturated carbocycles. The Kier molecular flexibility index (Phi) is 12.3. The van der Waals surface area contributed by atoms with E-state index in [1.165, 1.54) is 5.56 Å². The number of benzene rings is 1. The number of halogens is 1. The van der Waals surface area contributed by atoms with E-state index in [2.05, 4.69) is 48.5 Å². The van der Waals surface area contributed by atoms with E-state index in [4.69, 9.17) is 4.74 Å². The number of hydrogen-bond donors (Lipinski definition) is 2. The first-order valence-electron chi connectivity index (χ1n) is 10.9. The standard InChI is InChI=1S/C23H38N4O2.HI/c1-6-18(7-2)21-15-20(13-14-29-21)26-23(24-16-22(28)27(4)5)25-17(3)19-11-9-8-10-12-19;/h8-12,17-18,20-21H,6-7,13-16H2,1-5H3,(H2,24,25,26);1H. The zero-order valence-electron chi connectivity index (χ0n) is 19.1. The molecule has 0 bridgehead atoms. The Morgan fingerprint density at radius 2 is 1.90 bits per heavy atom. The van der Waals surface area contributed by atoms with E-state index in [0.29, 0.717) is 11.9 Å². The monoisotopic (exact) mass is 530 g/mol. The summed E-state index contributed by atoms with van der Waals surface area (Å²) in [5.41, 5.74) is 1.18. The third kappa shape index (κ3) is 8.41. The largest absolute Gasteiger partial charge is 0.378 e. The van der Waals surface area contributed by atoms with Crippen molar-refractivity contribution in [2.24, 2.45) is 10.9 Å². The maximum Gasteiger partial charge on any atom is 0.243 e. The highest BCUT2D eigenvalue weighted by Crippen LogP contribution is 2.25. The van der Waals surface area contributed by atoms with Crippen LogP contribution in [0.2, 0.25) is 0 Å². The predicted octanol–water partition coefficient (Wildman–Crippen LogP) is 3.97. The Balaban J connectivity index is 0.00000450. The van der Waals surface area contributed by atoms with Crippen LogP contribution in [0.15, 0.2) is 35.3 Å². The summed E-state index contributed by atoms with van der Waals surface area (Å²) in [5.74, 6) is 1.26. The van der Waals surface area contributed by atoms with Gasteiger partial charge in [-0.1, -0.05) is 57.0 Å². The molecule has 30 heavy (non-hydrogen) atoms. The molecular weight excluding hydrogens is 491 g/mol. The first kappa shape index (κ1) is 26.7. The zero-order valence-corrected chi connectivity index (χ0v) is 21.4. The molecule has 1 fully saturated rings. The number of guanidine groups is 1. The van der Waals surface area contributed by atoms with Crippen LogP contribution in [-0.2, 0) is 9.53 Å². The minimum absolute atomic E-state index is 0. The van der Waals surface area contributed by atoms with Gasteiger partial charge in [-0.15, -0.1) is 24.0 Å². The lowest BCUT2D eigenvalue weighted by Crippen LogP contribution is -2.49. The van der Waals surface area contributed by atoms with Gasteiger partial charge in [0.1, 0.15) is 6.54 Å². The van der Waals surface area contributed by atoms with Gasteiger partial charge in [-0.2, -0.15) is 0 Å². The SMILES string of the molecule is CCC(CC)C1CC(NC(=NCC(=O)N(C)C)NC(C)c2ccccc2)CCO1.I. The lowest BCUT2D eigenvalue weighted by molar-refractivity contribution is -0.127. The summed E-state index contributed by atoms with van der Waals surface area (Å²) in [6.07, 6.45) is 4.46. The minimum atomic E-state index is -0.0136. The summed E-state index contributed by atoms with van der Waals surface area (Å²) in [6.45, 7) is 7.46. The normalized spacial score (nSPS) is 20.3. The van der Waals surface area contributed by atoms with Crippen molar-refractivity contribution in [1.29, 1.82) is 0 Å². The van der Waals surface area contributed by atoms with Crippen LogP contribution in [-0.4, -0.2) is 56.2 Å². The molecule has 0 aromatic heterocycles. The van der Waals surface area contributed by atoms with Crippen LogP contribution in [0, 0.1) is 5.92 Å². The van der Waals surface area contributed by atoms with Crippen molar-refractivity contribution in [3.8, 4) is 0 Å². The smallest absolute Gasteiger partial charge is 0.243 e. The number of nitrogens with zero attached hydrogens (tertiary/aromatic N) is 2. The number of carbonyl (C=O) groups excluding carboxylic acids is 1. The predicted molar refractivity (Wildman–Crippen MR) is 134 cm³/mol. The van der Waals surface area contributed by atoms with E-state index in [0.717, 1.165) is 32.3 Å². The number of rotatable bonds is 8. The third-order valence-electron chi connectivity index (χ3n) is 5.75. The Labute approximate surface area is 199 Å². The molecule has 1 saturated heterocycles. The fraction of sp³-hybridized carbons (Fsp3) is 0.652. The van der Waals surface area contributed by atoms with Crippen LogP contribution in [0.25, 0.3) is 0 Å². The van der Waals surface area contributed by atoms with Crippen LogP contribution in [0.5, 0.6) is 0 Å². The average molecular weight is 530 g/mol. The zero-order chi connectivity index (χ0) is 21.2. The Morgan fingerprint density at radius 1 is 1.23 bits per heavy atom. The number of nitrogens with one attached hydrogen (secondary N) is 2. The molecule has 3 unspecified atom stereocenters. The van der Waals surface area contributed by atoms with Gasteiger partial charge in [-0.05, 0) is 31.2 Å². The molecule has 0 radical (unpaired) electrons. The van der Waals surface area contributed by atoms with Crippen molar-refractivity contribution in [3.63, 3.8) is 0 Å². The van der Waals surface area contributed by atoms with Gasteiger partial charge in [-0.3, -0.25) is 4.79 Å². The van der Waals surface area contributed by atoms with Gasteiger partial charge >= 0.3 is 0 Å². The summed E-state index contributed by atoms with van der Waals surface area (Å²) in [7, 11) is 3.51. The fourth-order valence-corrected chi connectivity index (χ4v) is 3.75. The number of carbonyl (C=O) groups is 1. The molecule has 2 N–H and O–H groups in total. The van der Waals surface area contributed by atoms with Gasteiger partial charge < -0.3 is 20.3 Å². The highest BCUT2D eigenvalue weighted by atomic mass is 127. The van der Waals surface area contributed by atoms with Crippen LogP contribution < -0.4 is 10.6 Å². The van der Waals surface area contributed by atoms with Gasteiger partial charge in [0, 0.05) is 26.7 Å². The van der Waals surface area contributed by atoms with Gasteiger partial charge in [0.15, 0.2) is 5.96 Å². The highest BCUT2D eigenvalue weighted by molar-refractivity contribution is 14.0. The first-order chi connectivity index (χ1) is 13.9. The first-order valence-corrected chi connectivity index (χ1v) is 10.9. The molecule has 0 aliphatic carbocycles. The quantitative estimate of drug-likeness (QED) is 0.303. The molecule has 1 aliphatic rings. The third-order valence-corrected chi connectivity index (χ3v) is 5.75. The summed E-state index contributed by atoms with van der Waals surface area (Å²) in [6, 6.07) is 10.7. The number of amides is 1. The van der Waals surface area contributed by atoms with Crippen molar-refractivity contribution in [3.05, 3.63) is 35.9 Å². The van der Waals surface area contributed by atoms with Gasteiger partial charge in [0.05, 0.1) is 12.1 Å².